The summed E-state index contributed by atoms with van der Waals surface area (Å²) >= 11 is 0. The van der Waals surface area contributed by atoms with E-state index in [0.717, 1.165) is 0 Å². The minimum atomic E-state index is -1.81. The van der Waals surface area contributed by atoms with Crippen molar-refractivity contribution in [1.82, 2.24) is 0 Å². The van der Waals surface area contributed by atoms with E-state index in [1.165, 1.54) is 0 Å². The van der Waals surface area contributed by atoms with Crippen LogP contribution in [0.3, 0.4) is 0 Å². The maximum atomic E-state index is 10.4. The number of carboxylic acids is 1. The van der Waals surface area contributed by atoms with E-state index in [4.69, 9.17) is 25.5 Å². The molecule has 0 aromatic heterocycles. The maximum absolute atomic E-state index is 10.4. The van der Waals surface area contributed by atoms with Gasteiger partial charge in [-0.05, 0) is 0 Å². The Labute approximate surface area is 72.8 Å². The van der Waals surface area contributed by atoms with Crippen molar-refractivity contribution in [3.63, 3.8) is 0 Å². The van der Waals surface area contributed by atoms with Gasteiger partial charge in [-0.1, -0.05) is 0 Å². The fraction of sp³-hybridized carbons (Fsp3) is 0.833. The molecule has 1 fully saturated rings. The van der Waals surface area contributed by atoms with Gasteiger partial charge in [0, 0.05) is 0 Å². The van der Waals surface area contributed by atoms with Crippen molar-refractivity contribution in [2.45, 2.75) is 30.7 Å². The van der Waals surface area contributed by atoms with Crippen molar-refractivity contribution in [2.24, 2.45) is 0 Å². The number of hydrogen-bond donors (Lipinski definition) is 5. The molecule has 0 aromatic rings. The molecule has 5 N–H and O–H groups in total. The molecule has 76 valence electrons. The van der Waals surface area contributed by atoms with Crippen LogP contribution in [-0.2, 0) is 9.53 Å². The number of aliphatic hydroxyl groups excluding tert-OH is 4. The predicted octanol–water partition coefficient (Wildman–Crippen LogP) is -3.13. The lowest BCUT2D eigenvalue weighted by Crippen LogP contribution is -2.59. The first kappa shape index (κ1) is 10.4. The highest BCUT2D eigenvalue weighted by Gasteiger charge is 2.46. The summed E-state index contributed by atoms with van der Waals surface area (Å²) in [6.07, 6.45) is -8.72. The molecule has 0 bridgehead atoms. The monoisotopic (exact) mass is 194 g/mol. The Morgan fingerprint density at radius 1 is 1.00 bits per heavy atom. The normalized spacial score (nSPS) is 46.0. The summed E-state index contributed by atoms with van der Waals surface area (Å²) in [7, 11) is 0. The van der Waals surface area contributed by atoms with E-state index in [2.05, 4.69) is 4.74 Å². The molecular formula is C6H10O7. The van der Waals surface area contributed by atoms with Crippen LogP contribution >= 0.6 is 0 Å². The maximum Gasteiger partial charge on any atom is 0.335 e. The molecule has 5 atom stereocenters. The van der Waals surface area contributed by atoms with Crippen molar-refractivity contribution in [3.05, 3.63) is 0 Å². The summed E-state index contributed by atoms with van der Waals surface area (Å²) < 4.78 is 4.34. The third-order valence-corrected chi connectivity index (χ3v) is 1.83. The van der Waals surface area contributed by atoms with Gasteiger partial charge in [-0.25, -0.2) is 4.79 Å². The Balaban J connectivity index is 2.76. The first-order chi connectivity index (χ1) is 5.95. The molecular weight excluding hydrogens is 184 g/mol. The molecule has 7 nitrogen and oxygen atoms in total. The molecule has 0 aromatic carbocycles. The van der Waals surface area contributed by atoms with Crippen molar-refractivity contribution >= 4 is 5.97 Å². The van der Waals surface area contributed by atoms with E-state index in [0.29, 0.717) is 0 Å². The average molecular weight is 194 g/mol. The minimum absolute atomic E-state index is 1.52. The standard InChI is InChI=1S/C6H10O7/c7-1-2(8)4(5(10)11)13-6(12)3(1)9/h1-4,6-9,12H,(H,10,11)/t1-,2-,3-,4+,6-/m1/s1. The smallest absolute Gasteiger partial charge is 0.335 e. The highest BCUT2D eigenvalue weighted by atomic mass is 16.6. The number of hydrogen-bond acceptors (Lipinski definition) is 6. The minimum Gasteiger partial charge on any atom is -0.479 e. The van der Waals surface area contributed by atoms with Gasteiger partial charge in [-0.3, -0.25) is 0 Å². The van der Waals surface area contributed by atoms with E-state index < -0.39 is 36.7 Å². The van der Waals surface area contributed by atoms with E-state index in [-0.39, 0.29) is 0 Å². The summed E-state index contributed by atoms with van der Waals surface area (Å²) in [6.45, 7) is 0. The number of carbonyl (C=O) groups is 1. The second-order valence-corrected chi connectivity index (χ2v) is 2.76. The zero-order valence-corrected chi connectivity index (χ0v) is 6.44. The van der Waals surface area contributed by atoms with Crippen LogP contribution < -0.4 is 0 Å². The third kappa shape index (κ3) is 1.79. The first-order valence-electron chi connectivity index (χ1n) is 3.55. The highest BCUT2D eigenvalue weighted by Crippen LogP contribution is 2.19. The molecule has 1 aliphatic heterocycles. The molecule has 0 unspecified atom stereocenters. The Hall–Kier alpha value is -0.730. The van der Waals surface area contributed by atoms with Gasteiger partial charge in [0.15, 0.2) is 12.4 Å². The Morgan fingerprint density at radius 3 is 2.00 bits per heavy atom. The molecule has 1 rings (SSSR count). The van der Waals surface area contributed by atoms with Crippen molar-refractivity contribution < 1.29 is 35.1 Å². The average Bonchev–Trinajstić information content (AvgIpc) is 2.07. The van der Waals surface area contributed by atoms with Crippen LogP contribution in [0.2, 0.25) is 0 Å². The zero-order chi connectivity index (χ0) is 10.2. The summed E-state index contributed by atoms with van der Waals surface area (Å²) in [5.41, 5.74) is 0. The summed E-state index contributed by atoms with van der Waals surface area (Å²) in [6, 6.07) is 0. The van der Waals surface area contributed by atoms with Crippen molar-refractivity contribution in [3.8, 4) is 0 Å². The van der Waals surface area contributed by atoms with Gasteiger partial charge in [-0.2, -0.15) is 0 Å². The fourth-order valence-electron chi connectivity index (χ4n) is 1.07. The molecule has 0 amide bonds. The Kier molecular flexibility index (Phi) is 2.84. The summed E-state index contributed by atoms with van der Waals surface area (Å²) in [5, 5.41) is 44.4. The first-order valence-corrected chi connectivity index (χ1v) is 3.55. The molecule has 1 heterocycles. The van der Waals surface area contributed by atoms with Gasteiger partial charge < -0.3 is 30.3 Å². The largest absolute Gasteiger partial charge is 0.479 e. The van der Waals surface area contributed by atoms with Crippen LogP contribution in [0.4, 0.5) is 0 Å². The molecule has 0 saturated carbocycles. The fourth-order valence-corrected chi connectivity index (χ4v) is 1.07. The van der Waals surface area contributed by atoms with Crippen LogP contribution in [0.1, 0.15) is 0 Å². The predicted molar refractivity (Wildman–Crippen MR) is 36.5 cm³/mol. The van der Waals surface area contributed by atoms with Crippen LogP contribution in [0.15, 0.2) is 0 Å². The zero-order valence-electron chi connectivity index (χ0n) is 6.44. The van der Waals surface area contributed by atoms with Crippen LogP contribution in [0.25, 0.3) is 0 Å². The van der Waals surface area contributed by atoms with E-state index in [1.807, 2.05) is 0 Å². The molecule has 0 spiro atoms. The van der Waals surface area contributed by atoms with Crippen LogP contribution in [0, 0.1) is 0 Å². The molecule has 13 heavy (non-hydrogen) atoms. The Bertz CT molecular complexity index is 205. The van der Waals surface area contributed by atoms with E-state index in [9.17, 15) is 4.79 Å². The highest BCUT2D eigenvalue weighted by molar-refractivity contribution is 5.73. The number of aliphatic hydroxyl groups is 4. The van der Waals surface area contributed by atoms with Gasteiger partial charge in [0.05, 0.1) is 0 Å². The second-order valence-electron chi connectivity index (χ2n) is 2.76. The van der Waals surface area contributed by atoms with E-state index in [1.54, 1.807) is 0 Å². The SMILES string of the molecule is O=C(O)[C@H]1O[C@@H](O)[C@H](O)[C@H](O)[C@H]1O. The van der Waals surface area contributed by atoms with Crippen LogP contribution in [0.5, 0.6) is 0 Å². The lowest BCUT2D eigenvalue weighted by atomic mass is 9.99. The van der Waals surface area contributed by atoms with Gasteiger partial charge in [0.2, 0.25) is 0 Å². The van der Waals surface area contributed by atoms with Gasteiger partial charge in [0.25, 0.3) is 0 Å². The van der Waals surface area contributed by atoms with Gasteiger partial charge in [0.1, 0.15) is 18.3 Å². The molecule has 7 heteroatoms. The molecule has 1 saturated heterocycles. The second kappa shape index (κ2) is 3.56. The van der Waals surface area contributed by atoms with Crippen LogP contribution in [-0.4, -0.2) is 62.2 Å². The molecule has 0 aliphatic carbocycles. The number of carboxylic acid groups (broad SMARTS) is 1. The number of ether oxygens (including phenoxy) is 1. The lowest BCUT2D eigenvalue weighted by molar-refractivity contribution is -0.279. The molecule has 0 radical (unpaired) electrons. The summed E-state index contributed by atoms with van der Waals surface area (Å²) in [4.78, 5) is 10.4. The van der Waals surface area contributed by atoms with Gasteiger partial charge in [-0.15, -0.1) is 0 Å². The number of rotatable bonds is 1. The van der Waals surface area contributed by atoms with E-state index >= 15 is 0 Å². The van der Waals surface area contributed by atoms with Crippen molar-refractivity contribution in [1.29, 1.82) is 0 Å². The quantitative estimate of drug-likeness (QED) is 0.298. The third-order valence-electron chi connectivity index (χ3n) is 1.83. The van der Waals surface area contributed by atoms with Gasteiger partial charge >= 0.3 is 5.97 Å². The number of aliphatic carboxylic acids is 1. The lowest BCUT2D eigenvalue weighted by Gasteiger charge is -2.36. The summed E-state index contributed by atoms with van der Waals surface area (Å²) in [5.74, 6) is -1.52. The van der Waals surface area contributed by atoms with Crippen molar-refractivity contribution in [2.75, 3.05) is 0 Å². The Morgan fingerprint density at radius 2 is 1.54 bits per heavy atom. The topological polar surface area (TPSA) is 127 Å². The molecule has 1 aliphatic rings.